The molecule has 3 rings (SSSR count). The molecule has 0 aromatic heterocycles. The number of hydrogen-bond acceptors (Lipinski definition) is 7. The second-order valence-corrected chi connectivity index (χ2v) is 11.0. The molecule has 166 valence electrons. The highest BCUT2D eigenvalue weighted by molar-refractivity contribution is 7.92. The lowest BCUT2D eigenvalue weighted by Gasteiger charge is -2.23. The van der Waals surface area contributed by atoms with E-state index >= 15 is 0 Å². The maximum absolute atomic E-state index is 12.4. The van der Waals surface area contributed by atoms with Crippen LogP contribution in [-0.2, 0) is 29.4 Å². The largest absolute Gasteiger partial charge is 0.452 e. The molecule has 1 amide bonds. The van der Waals surface area contributed by atoms with Gasteiger partial charge >= 0.3 is 5.97 Å². The molecule has 1 aliphatic heterocycles. The van der Waals surface area contributed by atoms with E-state index in [4.69, 9.17) is 4.74 Å². The summed E-state index contributed by atoms with van der Waals surface area (Å²) in [4.78, 5) is 25.6. The molecule has 0 saturated carbocycles. The summed E-state index contributed by atoms with van der Waals surface area (Å²) >= 11 is 0. The SMILES string of the molecule is CN(C(=O)COC(=O)c1ccc(S(=O)(=O)Nc2ccccc2)cc1)[C@H]1CCS(=O)(=O)C1. The monoisotopic (exact) mass is 466 g/mol. The highest BCUT2D eigenvalue weighted by atomic mass is 32.2. The normalized spacial score (nSPS) is 17.6. The molecule has 9 nitrogen and oxygen atoms in total. The molecule has 1 fully saturated rings. The number of anilines is 1. The van der Waals surface area contributed by atoms with E-state index in [-0.39, 0.29) is 22.0 Å². The number of nitrogens with zero attached hydrogens (tertiary/aromatic N) is 1. The van der Waals surface area contributed by atoms with Crippen LogP contribution >= 0.6 is 0 Å². The van der Waals surface area contributed by atoms with E-state index in [2.05, 4.69) is 4.72 Å². The lowest BCUT2D eigenvalue weighted by atomic mass is 10.2. The van der Waals surface area contributed by atoms with Gasteiger partial charge in [-0.3, -0.25) is 9.52 Å². The number of nitrogens with one attached hydrogen (secondary N) is 1. The van der Waals surface area contributed by atoms with Crippen molar-refractivity contribution in [2.75, 3.05) is 29.9 Å². The van der Waals surface area contributed by atoms with E-state index in [0.29, 0.717) is 12.1 Å². The number of amides is 1. The van der Waals surface area contributed by atoms with Crippen LogP contribution in [0.5, 0.6) is 0 Å². The van der Waals surface area contributed by atoms with Crippen molar-refractivity contribution < 1.29 is 31.2 Å². The van der Waals surface area contributed by atoms with Gasteiger partial charge in [-0.25, -0.2) is 21.6 Å². The number of carbonyl (C=O) groups excluding carboxylic acids is 2. The number of likely N-dealkylation sites (N-methyl/N-ethyl adjacent to an activating group) is 1. The van der Waals surface area contributed by atoms with E-state index in [1.54, 1.807) is 30.3 Å². The van der Waals surface area contributed by atoms with Crippen LogP contribution in [0.4, 0.5) is 5.69 Å². The van der Waals surface area contributed by atoms with Crippen LogP contribution in [0.2, 0.25) is 0 Å². The Morgan fingerprint density at radius 2 is 1.74 bits per heavy atom. The number of sulfone groups is 1. The zero-order valence-electron chi connectivity index (χ0n) is 16.7. The van der Waals surface area contributed by atoms with Gasteiger partial charge < -0.3 is 9.64 Å². The number of ether oxygens (including phenoxy) is 1. The van der Waals surface area contributed by atoms with Crippen LogP contribution < -0.4 is 4.72 Å². The standard InChI is InChI=1S/C20H22N2O7S2/c1-22(17-11-12-30(25,26)14-17)19(23)13-29-20(24)15-7-9-18(10-8-15)31(27,28)21-16-5-3-2-4-6-16/h2-10,17,21H,11-14H2,1H3/t17-/m0/s1. The van der Waals surface area contributed by atoms with E-state index in [1.165, 1.54) is 36.2 Å². The minimum absolute atomic E-state index is 0.0312. The van der Waals surface area contributed by atoms with Crippen molar-refractivity contribution >= 4 is 37.4 Å². The zero-order chi connectivity index (χ0) is 22.6. The lowest BCUT2D eigenvalue weighted by molar-refractivity contribution is -0.134. The number of hydrogen-bond donors (Lipinski definition) is 1. The van der Waals surface area contributed by atoms with Gasteiger partial charge in [-0.05, 0) is 42.8 Å². The summed E-state index contributed by atoms with van der Waals surface area (Å²) in [5.41, 5.74) is 0.487. The van der Waals surface area contributed by atoms with Crippen molar-refractivity contribution in [2.45, 2.75) is 17.4 Å². The van der Waals surface area contributed by atoms with Crippen molar-refractivity contribution in [2.24, 2.45) is 0 Å². The Balaban J connectivity index is 1.57. The maximum Gasteiger partial charge on any atom is 0.338 e. The molecule has 2 aromatic carbocycles. The van der Waals surface area contributed by atoms with Crippen LogP contribution in [-0.4, -0.2) is 64.8 Å². The third kappa shape index (κ3) is 5.82. The smallest absolute Gasteiger partial charge is 0.338 e. The summed E-state index contributed by atoms with van der Waals surface area (Å²) < 4.78 is 55.4. The molecule has 0 bridgehead atoms. The van der Waals surface area contributed by atoms with Crippen LogP contribution in [0.15, 0.2) is 59.5 Å². The van der Waals surface area contributed by atoms with Crippen molar-refractivity contribution in [1.82, 2.24) is 4.90 Å². The van der Waals surface area contributed by atoms with Gasteiger partial charge in [-0.1, -0.05) is 18.2 Å². The number of para-hydroxylation sites is 1. The number of esters is 1. The first-order valence-corrected chi connectivity index (χ1v) is 12.7. The van der Waals surface area contributed by atoms with Crippen LogP contribution in [0.25, 0.3) is 0 Å². The number of carbonyl (C=O) groups is 2. The van der Waals surface area contributed by atoms with Crippen LogP contribution in [0.3, 0.4) is 0 Å². The van der Waals surface area contributed by atoms with Gasteiger partial charge in [-0.15, -0.1) is 0 Å². The third-order valence-electron chi connectivity index (χ3n) is 4.90. The summed E-state index contributed by atoms with van der Waals surface area (Å²) in [6.07, 6.45) is 0.353. The molecule has 1 atom stereocenters. The average Bonchev–Trinajstić information content (AvgIpc) is 3.11. The van der Waals surface area contributed by atoms with E-state index < -0.39 is 44.4 Å². The first-order chi connectivity index (χ1) is 14.6. The van der Waals surface area contributed by atoms with E-state index in [1.807, 2.05) is 0 Å². The second-order valence-electron chi connectivity index (χ2n) is 7.13. The topological polar surface area (TPSA) is 127 Å². The number of rotatable bonds is 7. The van der Waals surface area contributed by atoms with Gasteiger partial charge in [0.15, 0.2) is 16.4 Å². The summed E-state index contributed by atoms with van der Waals surface area (Å²) in [7, 11) is -5.49. The fraction of sp³-hybridized carbons (Fsp3) is 0.300. The van der Waals surface area contributed by atoms with Crippen molar-refractivity contribution in [3.63, 3.8) is 0 Å². The molecule has 1 saturated heterocycles. The average molecular weight is 467 g/mol. The summed E-state index contributed by atoms with van der Waals surface area (Å²) in [5, 5.41) is 0. The Bertz CT molecular complexity index is 1160. The first kappa shape index (κ1) is 22.8. The van der Waals surface area contributed by atoms with Gasteiger partial charge in [0.25, 0.3) is 15.9 Å². The third-order valence-corrected chi connectivity index (χ3v) is 8.05. The molecule has 1 aliphatic rings. The highest BCUT2D eigenvalue weighted by Gasteiger charge is 2.33. The molecule has 0 aliphatic carbocycles. The Kier molecular flexibility index (Phi) is 6.65. The van der Waals surface area contributed by atoms with Gasteiger partial charge in [0.05, 0.1) is 22.0 Å². The molecule has 0 spiro atoms. The second kappa shape index (κ2) is 9.06. The summed E-state index contributed by atoms with van der Waals surface area (Å²) in [6.45, 7) is -0.540. The summed E-state index contributed by atoms with van der Waals surface area (Å²) in [6, 6.07) is 13.0. The molecular formula is C20H22N2O7S2. The lowest BCUT2D eigenvalue weighted by Crippen LogP contribution is -2.40. The summed E-state index contributed by atoms with van der Waals surface area (Å²) in [5.74, 6) is -1.37. The van der Waals surface area contributed by atoms with Crippen molar-refractivity contribution in [3.05, 3.63) is 60.2 Å². The molecular weight excluding hydrogens is 444 g/mol. The molecule has 11 heteroatoms. The van der Waals surface area contributed by atoms with Crippen LogP contribution in [0.1, 0.15) is 16.8 Å². The Morgan fingerprint density at radius 3 is 2.32 bits per heavy atom. The van der Waals surface area contributed by atoms with Gasteiger partial charge in [0.1, 0.15) is 0 Å². The molecule has 2 aromatic rings. The minimum Gasteiger partial charge on any atom is -0.452 e. The number of benzene rings is 2. The van der Waals surface area contributed by atoms with Crippen LogP contribution in [0, 0.1) is 0 Å². The molecule has 1 heterocycles. The fourth-order valence-electron chi connectivity index (χ4n) is 3.09. The van der Waals surface area contributed by atoms with Gasteiger partial charge in [0, 0.05) is 18.8 Å². The van der Waals surface area contributed by atoms with E-state index in [9.17, 15) is 26.4 Å². The zero-order valence-corrected chi connectivity index (χ0v) is 18.4. The quantitative estimate of drug-likeness (QED) is 0.609. The predicted octanol–water partition coefficient (Wildman–Crippen LogP) is 1.29. The van der Waals surface area contributed by atoms with Gasteiger partial charge in [0.2, 0.25) is 0 Å². The Morgan fingerprint density at radius 1 is 1.10 bits per heavy atom. The van der Waals surface area contributed by atoms with Gasteiger partial charge in [-0.2, -0.15) is 0 Å². The minimum atomic E-state index is -3.82. The van der Waals surface area contributed by atoms with Crippen molar-refractivity contribution in [3.8, 4) is 0 Å². The molecule has 0 unspecified atom stereocenters. The van der Waals surface area contributed by atoms with E-state index in [0.717, 1.165) is 0 Å². The Labute approximate surface area is 181 Å². The molecule has 31 heavy (non-hydrogen) atoms. The number of sulfonamides is 1. The fourth-order valence-corrected chi connectivity index (χ4v) is 5.92. The Hall–Kier alpha value is -2.92. The first-order valence-electron chi connectivity index (χ1n) is 9.38. The molecule has 1 N–H and O–H groups in total. The highest BCUT2D eigenvalue weighted by Crippen LogP contribution is 2.18. The molecule has 0 radical (unpaired) electrons. The van der Waals surface area contributed by atoms with Crippen molar-refractivity contribution in [1.29, 1.82) is 0 Å². The predicted molar refractivity (Wildman–Crippen MR) is 114 cm³/mol. The maximum atomic E-state index is 12.4.